The van der Waals surface area contributed by atoms with Crippen molar-refractivity contribution in [2.75, 3.05) is 6.26 Å². The van der Waals surface area contributed by atoms with E-state index in [4.69, 9.17) is 0 Å². The summed E-state index contributed by atoms with van der Waals surface area (Å²) in [6, 6.07) is 7.96. The van der Waals surface area contributed by atoms with E-state index in [9.17, 15) is 8.42 Å². The Morgan fingerprint density at radius 1 is 1.23 bits per heavy atom. The zero-order valence-corrected chi connectivity index (χ0v) is 11.4. The molecule has 0 aromatic heterocycles. The number of rotatable bonds is 0. The molecule has 74 valence electrons. The summed E-state index contributed by atoms with van der Waals surface area (Å²) < 4.78 is 21.0. The molecule has 13 heavy (non-hydrogen) atoms. The van der Waals surface area contributed by atoms with Crippen molar-refractivity contribution in [2.24, 2.45) is 0 Å². The van der Waals surface area contributed by atoms with E-state index in [1.165, 1.54) is 0 Å². The Morgan fingerprint density at radius 2 is 1.54 bits per heavy atom. The highest BCUT2D eigenvalue weighted by molar-refractivity contribution is 9.11. The molecule has 0 saturated carbocycles. The lowest BCUT2D eigenvalue weighted by atomic mass is 10.4. The molecule has 0 atom stereocenters. The Kier molecular flexibility index (Phi) is 6.20. The third-order valence-corrected chi connectivity index (χ3v) is 1.77. The first-order valence-corrected chi connectivity index (χ1v) is 7.40. The van der Waals surface area contributed by atoms with Crippen molar-refractivity contribution < 1.29 is 8.42 Å². The Balaban J connectivity index is 0.000000252. The van der Waals surface area contributed by atoms with E-state index in [1.54, 1.807) is 0 Å². The van der Waals surface area contributed by atoms with Gasteiger partial charge >= 0.3 is 0 Å². The van der Waals surface area contributed by atoms with Gasteiger partial charge in [-0.1, -0.05) is 37.9 Å². The third kappa shape index (κ3) is 12.4. The summed E-state index contributed by atoms with van der Waals surface area (Å²) in [6.45, 7) is 0. The number of hydrogen-bond acceptors (Lipinski definition) is 2. The van der Waals surface area contributed by atoms with Crippen LogP contribution >= 0.6 is 42.5 Å². The first-order chi connectivity index (χ1) is 5.79. The van der Waals surface area contributed by atoms with Gasteiger partial charge in [-0.15, -0.1) is 0 Å². The fourth-order valence-corrected chi connectivity index (χ4v) is 1.57. The van der Waals surface area contributed by atoms with Crippen molar-refractivity contribution in [1.82, 2.24) is 0 Å². The fraction of sp³-hybridized carbons (Fsp3) is 0.143. The van der Waals surface area contributed by atoms with Gasteiger partial charge in [0.15, 0.2) is 0 Å². The highest BCUT2D eigenvalue weighted by Crippen LogP contribution is 2.15. The zero-order chi connectivity index (χ0) is 10.5. The van der Waals surface area contributed by atoms with E-state index < -0.39 is 9.05 Å². The molecule has 0 bridgehead atoms. The van der Waals surface area contributed by atoms with Gasteiger partial charge in [-0.3, -0.25) is 0 Å². The quantitative estimate of drug-likeness (QED) is 0.672. The van der Waals surface area contributed by atoms with E-state index in [2.05, 4.69) is 42.5 Å². The van der Waals surface area contributed by atoms with Crippen molar-refractivity contribution in [1.29, 1.82) is 0 Å². The molecule has 0 fully saturated rings. The van der Waals surface area contributed by atoms with E-state index in [-0.39, 0.29) is 0 Å². The van der Waals surface area contributed by atoms with Crippen LogP contribution in [0.2, 0.25) is 0 Å². The Labute approximate surface area is 99.0 Å². The monoisotopic (exact) mass is 348 g/mol. The smallest absolute Gasteiger partial charge is 0.213 e. The summed E-state index contributed by atoms with van der Waals surface area (Å²) in [5.41, 5.74) is 0. The van der Waals surface area contributed by atoms with Crippen molar-refractivity contribution >= 4 is 51.6 Å². The van der Waals surface area contributed by atoms with Crippen molar-refractivity contribution in [2.45, 2.75) is 0 Å². The molecule has 1 aromatic carbocycles. The van der Waals surface area contributed by atoms with E-state index in [0.717, 1.165) is 15.2 Å². The lowest BCUT2D eigenvalue weighted by molar-refractivity contribution is 0.615. The minimum Gasteiger partial charge on any atom is -0.213 e. The van der Waals surface area contributed by atoms with Gasteiger partial charge in [0.25, 0.3) is 0 Å². The first-order valence-electron chi connectivity index (χ1n) is 3.10. The van der Waals surface area contributed by atoms with Gasteiger partial charge in [-0.25, -0.2) is 8.42 Å². The van der Waals surface area contributed by atoms with Crippen LogP contribution in [-0.2, 0) is 9.05 Å². The fourth-order valence-electron chi connectivity index (χ4n) is 0.460. The lowest BCUT2D eigenvalue weighted by Crippen LogP contribution is -1.76. The number of benzene rings is 1. The second-order valence-corrected chi connectivity index (χ2v) is 7.00. The van der Waals surface area contributed by atoms with Crippen LogP contribution < -0.4 is 0 Å². The molecule has 2 nitrogen and oxygen atoms in total. The molecule has 0 radical (unpaired) electrons. The molecule has 0 unspecified atom stereocenters. The SMILES string of the molecule is Brc1cccc(Br)c1.CS(=O)(=O)Cl. The van der Waals surface area contributed by atoms with Gasteiger partial charge in [0, 0.05) is 19.6 Å². The third-order valence-electron chi connectivity index (χ3n) is 0.787. The number of hydrogen-bond donors (Lipinski definition) is 0. The highest BCUT2D eigenvalue weighted by Gasteiger charge is 1.84. The lowest BCUT2D eigenvalue weighted by Gasteiger charge is -1.87. The molecule has 0 aliphatic rings. The highest BCUT2D eigenvalue weighted by atomic mass is 79.9. The van der Waals surface area contributed by atoms with Gasteiger partial charge in [-0.2, -0.15) is 0 Å². The van der Waals surface area contributed by atoms with Gasteiger partial charge in [0.1, 0.15) is 0 Å². The second kappa shape index (κ2) is 6.01. The van der Waals surface area contributed by atoms with Crippen LogP contribution in [0, 0.1) is 0 Å². The minimum atomic E-state index is -3.19. The molecular formula is C7H7Br2ClO2S. The molecule has 1 rings (SSSR count). The van der Waals surface area contributed by atoms with E-state index in [1.807, 2.05) is 24.3 Å². The van der Waals surface area contributed by atoms with Crippen LogP contribution in [0.3, 0.4) is 0 Å². The predicted molar refractivity (Wildman–Crippen MR) is 62.5 cm³/mol. The van der Waals surface area contributed by atoms with Gasteiger partial charge in [0.05, 0.1) is 6.26 Å². The molecule has 0 aliphatic heterocycles. The van der Waals surface area contributed by atoms with Gasteiger partial charge in [-0.05, 0) is 18.2 Å². The molecule has 0 spiro atoms. The molecule has 1 aromatic rings. The molecule has 0 aliphatic carbocycles. The maximum Gasteiger partial charge on any atom is 0.229 e. The largest absolute Gasteiger partial charge is 0.229 e. The van der Waals surface area contributed by atoms with Crippen LogP contribution in [-0.4, -0.2) is 14.7 Å². The van der Waals surface area contributed by atoms with Gasteiger partial charge < -0.3 is 0 Å². The normalized spacial score (nSPS) is 10.2. The van der Waals surface area contributed by atoms with Crippen LogP contribution in [0.15, 0.2) is 33.2 Å². The average Bonchev–Trinajstić information content (AvgIpc) is 1.81. The number of halogens is 3. The summed E-state index contributed by atoms with van der Waals surface area (Å²) in [5, 5.41) is 0. The van der Waals surface area contributed by atoms with E-state index in [0.29, 0.717) is 0 Å². The maximum atomic E-state index is 9.40. The average molecular weight is 350 g/mol. The molecule has 6 heteroatoms. The summed E-state index contributed by atoms with van der Waals surface area (Å²) in [7, 11) is 1.31. The minimum absolute atomic E-state index is 0.925. The summed E-state index contributed by atoms with van der Waals surface area (Å²) in [6.07, 6.45) is 0.925. The summed E-state index contributed by atoms with van der Waals surface area (Å²) >= 11 is 6.66. The van der Waals surface area contributed by atoms with Crippen LogP contribution in [0.4, 0.5) is 0 Å². The van der Waals surface area contributed by atoms with E-state index >= 15 is 0 Å². The Morgan fingerprint density at radius 3 is 1.69 bits per heavy atom. The Bertz CT molecular complexity index is 339. The topological polar surface area (TPSA) is 34.1 Å². The Hall–Kier alpha value is 0.420. The summed E-state index contributed by atoms with van der Waals surface area (Å²) in [4.78, 5) is 0. The first kappa shape index (κ1) is 13.4. The summed E-state index contributed by atoms with van der Waals surface area (Å²) in [5.74, 6) is 0. The van der Waals surface area contributed by atoms with Crippen LogP contribution in [0.5, 0.6) is 0 Å². The predicted octanol–water partition coefficient (Wildman–Crippen LogP) is 3.40. The zero-order valence-electron chi connectivity index (χ0n) is 6.67. The van der Waals surface area contributed by atoms with Crippen molar-refractivity contribution in [3.8, 4) is 0 Å². The van der Waals surface area contributed by atoms with Gasteiger partial charge in [0.2, 0.25) is 9.05 Å². The van der Waals surface area contributed by atoms with Crippen LogP contribution in [0.1, 0.15) is 0 Å². The maximum absolute atomic E-state index is 9.40. The molecule has 0 amide bonds. The van der Waals surface area contributed by atoms with Crippen molar-refractivity contribution in [3.63, 3.8) is 0 Å². The second-order valence-electron chi connectivity index (χ2n) is 2.12. The molecule has 0 N–H and O–H groups in total. The van der Waals surface area contributed by atoms with Crippen LogP contribution in [0.25, 0.3) is 0 Å². The van der Waals surface area contributed by atoms with Crippen molar-refractivity contribution in [3.05, 3.63) is 33.2 Å². The standard InChI is InChI=1S/C6H4Br2.CH3ClO2S/c7-5-2-1-3-6(8)4-5;1-5(2,3)4/h1-4H;1H3. The molecule has 0 saturated heterocycles. The molecular weight excluding hydrogens is 343 g/mol. The molecule has 0 heterocycles.